The molecule has 78 valence electrons. The Morgan fingerprint density at radius 1 is 1.64 bits per heavy atom. The van der Waals surface area contributed by atoms with Crippen molar-refractivity contribution in [3.63, 3.8) is 0 Å². The monoisotopic (exact) mass is 213 g/mol. The number of aromatic nitrogens is 2. The summed E-state index contributed by atoms with van der Waals surface area (Å²) in [5.74, 6) is 1.48. The van der Waals surface area contributed by atoms with Crippen LogP contribution in [0.25, 0.3) is 0 Å². The smallest absolute Gasteiger partial charge is 0.148 e. The number of hydrogen-bond acceptors (Lipinski definition) is 4. The molecule has 5 heteroatoms. The molecule has 0 fully saturated rings. The maximum absolute atomic E-state index is 10.9. The van der Waals surface area contributed by atoms with Gasteiger partial charge in [0.25, 0.3) is 0 Å². The van der Waals surface area contributed by atoms with Crippen LogP contribution in [0, 0.1) is 0 Å². The molecule has 0 aliphatic rings. The van der Waals surface area contributed by atoms with Crippen LogP contribution in [0.1, 0.15) is 13.3 Å². The van der Waals surface area contributed by atoms with Gasteiger partial charge in [0.1, 0.15) is 5.82 Å². The van der Waals surface area contributed by atoms with Crippen molar-refractivity contribution in [1.82, 2.24) is 10.2 Å². The Morgan fingerprint density at radius 3 is 3.00 bits per heavy atom. The predicted octanol–water partition coefficient (Wildman–Crippen LogP) is 1.05. The highest BCUT2D eigenvalue weighted by Gasteiger charge is 2.03. The van der Waals surface area contributed by atoms with Gasteiger partial charge in [-0.25, -0.2) is 0 Å². The van der Waals surface area contributed by atoms with Crippen molar-refractivity contribution in [1.29, 1.82) is 0 Å². The van der Waals surface area contributed by atoms with E-state index in [1.54, 1.807) is 12.5 Å². The minimum atomic E-state index is -0.720. The van der Waals surface area contributed by atoms with Crippen LogP contribution in [0.5, 0.6) is 0 Å². The number of hydrogen-bond donors (Lipinski definition) is 1. The number of anilines is 1. The Hall–Kier alpha value is -0.970. The summed E-state index contributed by atoms with van der Waals surface area (Å²) in [6, 6.07) is 3.97. The summed E-state index contributed by atoms with van der Waals surface area (Å²) < 4.78 is 10.9. The van der Waals surface area contributed by atoms with E-state index in [0.29, 0.717) is 5.75 Å². The Kier molecular flexibility index (Phi) is 4.52. The van der Waals surface area contributed by atoms with Crippen LogP contribution in [0.3, 0.4) is 0 Å². The van der Waals surface area contributed by atoms with Crippen LogP contribution >= 0.6 is 0 Å². The summed E-state index contributed by atoms with van der Waals surface area (Å²) >= 11 is 0. The molecule has 0 saturated carbocycles. The van der Waals surface area contributed by atoms with Gasteiger partial charge in [-0.05, 0) is 25.5 Å². The normalized spacial score (nSPS) is 14.7. The highest BCUT2D eigenvalue weighted by Crippen LogP contribution is 2.03. The van der Waals surface area contributed by atoms with E-state index in [2.05, 4.69) is 15.5 Å². The zero-order valence-electron chi connectivity index (χ0n) is 8.43. The van der Waals surface area contributed by atoms with Gasteiger partial charge in [0, 0.05) is 35.0 Å². The maximum Gasteiger partial charge on any atom is 0.148 e. The summed E-state index contributed by atoms with van der Waals surface area (Å²) in [6.45, 7) is 2.04. The van der Waals surface area contributed by atoms with Gasteiger partial charge < -0.3 is 5.32 Å². The first-order chi connectivity index (χ1) is 6.68. The standard InChI is InChI=1S/C9H15N3OS/c1-8(5-7-14(2)13)11-9-4-3-6-10-12-9/h3-4,6,8H,5,7H2,1-2H3,(H,11,12). The number of nitrogens with zero attached hydrogens (tertiary/aromatic N) is 2. The zero-order valence-corrected chi connectivity index (χ0v) is 9.25. The lowest BCUT2D eigenvalue weighted by molar-refractivity contribution is 0.678. The Bertz CT molecular complexity index is 291. The van der Waals surface area contributed by atoms with Crippen molar-refractivity contribution < 1.29 is 4.21 Å². The van der Waals surface area contributed by atoms with Crippen LogP contribution in [-0.4, -0.2) is 32.5 Å². The topological polar surface area (TPSA) is 54.9 Å². The highest BCUT2D eigenvalue weighted by molar-refractivity contribution is 7.84. The Balaban J connectivity index is 2.34. The summed E-state index contributed by atoms with van der Waals surface area (Å²) in [7, 11) is -0.720. The molecule has 1 heterocycles. The average Bonchev–Trinajstić information content (AvgIpc) is 2.16. The summed E-state index contributed by atoms with van der Waals surface area (Å²) in [5, 5.41) is 10.9. The Morgan fingerprint density at radius 2 is 2.43 bits per heavy atom. The third-order valence-corrected chi connectivity index (χ3v) is 2.62. The number of rotatable bonds is 5. The third-order valence-electron chi connectivity index (χ3n) is 1.80. The van der Waals surface area contributed by atoms with E-state index in [1.165, 1.54) is 0 Å². The van der Waals surface area contributed by atoms with E-state index >= 15 is 0 Å². The molecule has 0 radical (unpaired) electrons. The zero-order chi connectivity index (χ0) is 10.4. The minimum Gasteiger partial charge on any atom is -0.366 e. The quantitative estimate of drug-likeness (QED) is 0.794. The van der Waals surface area contributed by atoms with Gasteiger partial charge in [0.15, 0.2) is 0 Å². The molecular formula is C9H15N3OS. The van der Waals surface area contributed by atoms with Gasteiger partial charge in [-0.15, -0.1) is 5.10 Å². The molecule has 2 unspecified atom stereocenters. The van der Waals surface area contributed by atoms with Gasteiger partial charge in [-0.2, -0.15) is 5.10 Å². The van der Waals surface area contributed by atoms with Crippen LogP contribution in [0.2, 0.25) is 0 Å². The molecule has 1 aromatic rings. The van der Waals surface area contributed by atoms with Crippen molar-refractivity contribution in [2.45, 2.75) is 19.4 Å². The molecule has 0 bridgehead atoms. The largest absolute Gasteiger partial charge is 0.366 e. The molecule has 14 heavy (non-hydrogen) atoms. The molecular weight excluding hydrogens is 198 g/mol. The molecule has 0 aromatic carbocycles. The van der Waals surface area contributed by atoms with Gasteiger partial charge in [0.2, 0.25) is 0 Å². The first-order valence-corrected chi connectivity index (χ1v) is 6.25. The summed E-state index contributed by atoms with van der Waals surface area (Å²) in [5.41, 5.74) is 0. The lowest BCUT2D eigenvalue weighted by Gasteiger charge is -2.12. The van der Waals surface area contributed by atoms with E-state index in [1.807, 2.05) is 19.1 Å². The van der Waals surface area contributed by atoms with Crippen LogP contribution in [-0.2, 0) is 10.8 Å². The lowest BCUT2D eigenvalue weighted by Crippen LogP contribution is -2.18. The van der Waals surface area contributed by atoms with Crippen LogP contribution in [0.15, 0.2) is 18.3 Å². The van der Waals surface area contributed by atoms with Crippen molar-refractivity contribution in [3.8, 4) is 0 Å². The third kappa shape index (κ3) is 4.32. The molecule has 0 aliphatic heterocycles. The first-order valence-electron chi connectivity index (χ1n) is 4.53. The maximum atomic E-state index is 10.9. The van der Waals surface area contributed by atoms with Crippen molar-refractivity contribution in [3.05, 3.63) is 18.3 Å². The molecule has 4 nitrogen and oxygen atoms in total. The molecule has 1 aromatic heterocycles. The molecule has 2 atom stereocenters. The average molecular weight is 213 g/mol. The SMILES string of the molecule is CC(CCS(C)=O)Nc1cccnn1. The van der Waals surface area contributed by atoms with Gasteiger partial charge in [-0.3, -0.25) is 4.21 Å². The predicted molar refractivity (Wildman–Crippen MR) is 58.7 cm³/mol. The molecule has 0 saturated heterocycles. The van der Waals surface area contributed by atoms with E-state index in [0.717, 1.165) is 12.2 Å². The van der Waals surface area contributed by atoms with E-state index in [9.17, 15) is 4.21 Å². The van der Waals surface area contributed by atoms with Gasteiger partial charge in [-0.1, -0.05) is 0 Å². The second-order valence-corrected chi connectivity index (χ2v) is 4.77. The van der Waals surface area contributed by atoms with Crippen molar-refractivity contribution >= 4 is 16.6 Å². The fourth-order valence-electron chi connectivity index (χ4n) is 1.05. The van der Waals surface area contributed by atoms with Crippen LogP contribution < -0.4 is 5.32 Å². The van der Waals surface area contributed by atoms with E-state index in [-0.39, 0.29) is 6.04 Å². The molecule has 1 rings (SSSR count). The van der Waals surface area contributed by atoms with Gasteiger partial charge in [0.05, 0.1) is 0 Å². The second-order valence-electron chi connectivity index (χ2n) is 3.22. The molecule has 0 amide bonds. The summed E-state index contributed by atoms with van der Waals surface area (Å²) in [6.07, 6.45) is 4.23. The molecule has 1 N–H and O–H groups in total. The molecule has 0 spiro atoms. The van der Waals surface area contributed by atoms with Crippen LogP contribution in [0.4, 0.5) is 5.82 Å². The highest BCUT2D eigenvalue weighted by atomic mass is 32.2. The van der Waals surface area contributed by atoms with Crippen molar-refractivity contribution in [2.75, 3.05) is 17.3 Å². The minimum absolute atomic E-state index is 0.274. The van der Waals surface area contributed by atoms with E-state index in [4.69, 9.17) is 0 Å². The second kappa shape index (κ2) is 5.70. The van der Waals surface area contributed by atoms with Gasteiger partial charge >= 0.3 is 0 Å². The fourth-order valence-corrected chi connectivity index (χ4v) is 1.73. The molecule has 0 aliphatic carbocycles. The fraction of sp³-hybridized carbons (Fsp3) is 0.556. The Labute approximate surface area is 86.6 Å². The van der Waals surface area contributed by atoms with Crippen molar-refractivity contribution in [2.24, 2.45) is 0 Å². The van der Waals surface area contributed by atoms with E-state index < -0.39 is 10.8 Å². The lowest BCUT2D eigenvalue weighted by atomic mass is 10.2. The summed E-state index contributed by atoms with van der Waals surface area (Å²) in [4.78, 5) is 0. The number of nitrogens with one attached hydrogen (secondary N) is 1. The first kappa shape index (κ1) is 11.1.